The van der Waals surface area contributed by atoms with Crippen LogP contribution in [0.2, 0.25) is 0 Å². The Kier molecular flexibility index (Phi) is 5.76. The number of hydrogen-bond donors (Lipinski definition) is 0. The maximum atomic E-state index is 13.7. The highest BCUT2D eigenvalue weighted by Gasteiger charge is 2.35. The number of benzene rings is 3. The van der Waals surface area contributed by atoms with Crippen molar-refractivity contribution in [3.63, 3.8) is 0 Å². The lowest BCUT2D eigenvalue weighted by molar-refractivity contribution is -0.384. The summed E-state index contributed by atoms with van der Waals surface area (Å²) >= 11 is 0. The van der Waals surface area contributed by atoms with E-state index in [1.165, 1.54) is 41.1 Å². The summed E-state index contributed by atoms with van der Waals surface area (Å²) < 4.78 is 33.5. The molecule has 0 aliphatic rings. The SMILES string of the molecule is COC(=O)c1nn(-c2ccc([N+](=O)[O-])cc2)c(-c2ccccc2)c1S(=O)(=O)c1ccccc1. The van der Waals surface area contributed by atoms with Gasteiger partial charge in [0, 0.05) is 17.7 Å². The lowest BCUT2D eigenvalue weighted by Crippen LogP contribution is -2.11. The molecule has 0 amide bonds. The van der Waals surface area contributed by atoms with Gasteiger partial charge in [0.1, 0.15) is 4.90 Å². The van der Waals surface area contributed by atoms with Crippen molar-refractivity contribution >= 4 is 21.5 Å². The first-order valence-corrected chi connectivity index (χ1v) is 11.1. The summed E-state index contributed by atoms with van der Waals surface area (Å²) in [5, 5.41) is 15.3. The van der Waals surface area contributed by atoms with Gasteiger partial charge in [-0.25, -0.2) is 17.9 Å². The number of nitro benzene ring substituents is 1. The fourth-order valence-electron chi connectivity index (χ4n) is 3.36. The van der Waals surface area contributed by atoms with Gasteiger partial charge in [0.15, 0.2) is 5.69 Å². The van der Waals surface area contributed by atoms with Crippen LogP contribution in [0.4, 0.5) is 5.69 Å². The Hall–Kier alpha value is -4.31. The molecule has 1 aromatic heterocycles. The number of hydrogen-bond acceptors (Lipinski definition) is 7. The zero-order valence-corrected chi connectivity index (χ0v) is 18.1. The van der Waals surface area contributed by atoms with E-state index in [4.69, 9.17) is 4.74 Å². The van der Waals surface area contributed by atoms with Crippen molar-refractivity contribution in [3.8, 4) is 16.9 Å². The number of carbonyl (C=O) groups is 1. The molecule has 0 saturated heterocycles. The lowest BCUT2D eigenvalue weighted by atomic mass is 10.1. The fourth-order valence-corrected chi connectivity index (χ4v) is 4.95. The molecule has 0 N–H and O–H groups in total. The van der Waals surface area contributed by atoms with Crippen molar-refractivity contribution in [2.24, 2.45) is 0 Å². The highest BCUT2D eigenvalue weighted by molar-refractivity contribution is 7.91. The third kappa shape index (κ3) is 3.99. The van der Waals surface area contributed by atoms with E-state index in [0.29, 0.717) is 11.3 Å². The minimum absolute atomic E-state index is 0.0180. The second-order valence-corrected chi connectivity index (χ2v) is 8.77. The van der Waals surface area contributed by atoms with Crippen molar-refractivity contribution in [3.05, 3.63) is 101 Å². The minimum Gasteiger partial charge on any atom is -0.464 e. The number of aromatic nitrogens is 2. The van der Waals surface area contributed by atoms with Gasteiger partial charge in [-0.2, -0.15) is 5.10 Å². The van der Waals surface area contributed by atoms with Gasteiger partial charge < -0.3 is 4.74 Å². The van der Waals surface area contributed by atoms with Gasteiger partial charge >= 0.3 is 5.97 Å². The maximum Gasteiger partial charge on any atom is 0.359 e. The van der Waals surface area contributed by atoms with Crippen molar-refractivity contribution in [1.29, 1.82) is 0 Å². The largest absolute Gasteiger partial charge is 0.464 e. The summed E-state index contributed by atoms with van der Waals surface area (Å²) in [4.78, 5) is 22.8. The summed E-state index contributed by atoms with van der Waals surface area (Å²) in [6.45, 7) is 0. The molecule has 0 unspecified atom stereocenters. The first-order valence-electron chi connectivity index (χ1n) is 9.66. The highest BCUT2D eigenvalue weighted by Crippen LogP contribution is 2.36. The van der Waals surface area contributed by atoms with Crippen LogP contribution in [0.5, 0.6) is 0 Å². The van der Waals surface area contributed by atoms with Crippen LogP contribution >= 0.6 is 0 Å². The molecular weight excluding hydrogens is 446 g/mol. The summed E-state index contributed by atoms with van der Waals surface area (Å²) in [6, 6.07) is 21.7. The zero-order valence-electron chi connectivity index (χ0n) is 17.3. The molecule has 33 heavy (non-hydrogen) atoms. The number of nitrogens with zero attached hydrogens (tertiary/aromatic N) is 3. The number of esters is 1. The van der Waals surface area contributed by atoms with Crippen molar-refractivity contribution < 1.29 is 22.9 Å². The van der Waals surface area contributed by atoms with E-state index in [-0.39, 0.29) is 21.2 Å². The summed E-state index contributed by atoms with van der Waals surface area (Å²) in [6.07, 6.45) is 0. The van der Waals surface area contributed by atoms with Gasteiger partial charge in [-0.3, -0.25) is 10.1 Å². The molecule has 0 atom stereocenters. The molecule has 0 saturated carbocycles. The molecule has 10 heteroatoms. The average Bonchev–Trinajstić information content (AvgIpc) is 3.26. The molecule has 166 valence electrons. The van der Waals surface area contributed by atoms with E-state index in [0.717, 1.165) is 7.11 Å². The number of methoxy groups -OCH3 is 1. The van der Waals surface area contributed by atoms with Gasteiger partial charge in [-0.1, -0.05) is 48.5 Å². The predicted octanol–water partition coefficient (Wildman–Crippen LogP) is 4.07. The number of rotatable bonds is 6. The Morgan fingerprint density at radius 2 is 1.52 bits per heavy atom. The van der Waals surface area contributed by atoms with Crippen molar-refractivity contribution in [2.45, 2.75) is 9.79 Å². The standard InChI is InChI=1S/C23H17N3O6S/c1-32-23(27)20-22(33(30,31)19-10-6-3-7-11-19)21(16-8-4-2-5-9-16)25(24-20)17-12-14-18(15-13-17)26(28)29/h2-15H,1H3. The summed E-state index contributed by atoms with van der Waals surface area (Å²) in [5.74, 6) is -0.928. The third-order valence-electron chi connectivity index (χ3n) is 4.90. The Labute approximate surface area is 188 Å². The summed E-state index contributed by atoms with van der Waals surface area (Å²) in [5.41, 5.74) is 0.414. The second-order valence-electron chi connectivity index (χ2n) is 6.89. The average molecular weight is 463 g/mol. The number of nitro groups is 1. The van der Waals surface area contributed by atoms with Crippen LogP contribution < -0.4 is 0 Å². The van der Waals surface area contributed by atoms with Crippen LogP contribution in [0.3, 0.4) is 0 Å². The third-order valence-corrected chi connectivity index (χ3v) is 6.71. The first kappa shape index (κ1) is 21.9. The van der Waals surface area contributed by atoms with Gasteiger partial charge in [-0.15, -0.1) is 0 Å². The van der Waals surface area contributed by atoms with E-state index in [9.17, 15) is 23.3 Å². The molecule has 0 radical (unpaired) electrons. The van der Waals surface area contributed by atoms with Gasteiger partial charge in [-0.05, 0) is 24.3 Å². The number of sulfone groups is 1. The van der Waals surface area contributed by atoms with Crippen LogP contribution in [-0.2, 0) is 14.6 Å². The molecule has 3 aromatic carbocycles. The molecule has 0 aliphatic carbocycles. The maximum absolute atomic E-state index is 13.7. The lowest BCUT2D eigenvalue weighted by Gasteiger charge is -2.11. The molecule has 4 aromatic rings. The van der Waals surface area contributed by atoms with Crippen LogP contribution in [0.25, 0.3) is 16.9 Å². The molecule has 0 aliphatic heterocycles. The first-order chi connectivity index (χ1) is 15.8. The Morgan fingerprint density at radius 3 is 2.06 bits per heavy atom. The van der Waals surface area contributed by atoms with Crippen molar-refractivity contribution in [2.75, 3.05) is 7.11 Å². The van der Waals surface area contributed by atoms with Gasteiger partial charge in [0.05, 0.1) is 28.3 Å². The molecule has 1 heterocycles. The van der Waals surface area contributed by atoms with E-state index >= 15 is 0 Å². The van der Waals surface area contributed by atoms with Crippen LogP contribution in [0, 0.1) is 10.1 Å². The van der Waals surface area contributed by atoms with Crippen LogP contribution in [0.15, 0.2) is 94.7 Å². The Balaban J connectivity index is 2.08. The van der Waals surface area contributed by atoms with E-state index < -0.39 is 26.4 Å². The van der Waals surface area contributed by atoms with Gasteiger partial charge in [0.25, 0.3) is 5.69 Å². The molecule has 9 nitrogen and oxygen atoms in total. The molecule has 0 fully saturated rings. The monoisotopic (exact) mass is 463 g/mol. The van der Waals surface area contributed by atoms with E-state index in [1.54, 1.807) is 48.5 Å². The summed E-state index contributed by atoms with van der Waals surface area (Å²) in [7, 11) is -3.07. The van der Waals surface area contributed by atoms with Crippen LogP contribution in [0.1, 0.15) is 10.5 Å². The number of non-ortho nitro benzene ring substituents is 1. The normalized spacial score (nSPS) is 11.2. The number of ether oxygens (including phenoxy) is 1. The Bertz CT molecular complexity index is 1430. The predicted molar refractivity (Wildman–Crippen MR) is 119 cm³/mol. The molecule has 0 spiro atoms. The topological polar surface area (TPSA) is 121 Å². The second kappa shape index (κ2) is 8.67. The number of carbonyl (C=O) groups excluding carboxylic acids is 1. The zero-order chi connectivity index (χ0) is 23.6. The van der Waals surface area contributed by atoms with E-state index in [1.807, 2.05) is 0 Å². The Morgan fingerprint density at radius 1 is 0.939 bits per heavy atom. The molecule has 4 rings (SSSR count). The fraction of sp³-hybridized carbons (Fsp3) is 0.0435. The minimum atomic E-state index is -4.20. The van der Waals surface area contributed by atoms with Crippen molar-refractivity contribution in [1.82, 2.24) is 9.78 Å². The van der Waals surface area contributed by atoms with Crippen LogP contribution in [-0.4, -0.2) is 36.2 Å². The molecular formula is C23H17N3O6S. The highest BCUT2D eigenvalue weighted by atomic mass is 32.2. The molecule has 0 bridgehead atoms. The van der Waals surface area contributed by atoms with E-state index in [2.05, 4.69) is 5.10 Å². The van der Waals surface area contributed by atoms with Gasteiger partial charge in [0.2, 0.25) is 9.84 Å². The quantitative estimate of drug-likeness (QED) is 0.240. The smallest absolute Gasteiger partial charge is 0.359 e.